The summed E-state index contributed by atoms with van der Waals surface area (Å²) < 4.78 is 5.12. The van der Waals surface area contributed by atoms with Crippen LogP contribution in [0.5, 0.6) is 0 Å². The lowest BCUT2D eigenvalue weighted by molar-refractivity contribution is -0.159. The van der Waals surface area contributed by atoms with E-state index in [9.17, 15) is 24.6 Å². The number of nitrogens with one attached hydrogen (secondary N) is 1. The van der Waals surface area contributed by atoms with Gasteiger partial charge in [0.15, 0.2) is 6.04 Å². The second kappa shape index (κ2) is 9.30. The molecule has 2 unspecified atom stereocenters. The van der Waals surface area contributed by atoms with E-state index in [1.807, 2.05) is 30.3 Å². The topological polar surface area (TPSA) is 116 Å². The average molecular weight is 364 g/mol. The molecule has 3 atom stereocenters. The molecule has 0 radical (unpaired) electrons. The Kier molecular flexibility index (Phi) is 7.11. The normalized spacial score (nSPS) is 19.6. The molecule has 1 saturated heterocycles. The molecule has 0 aromatic heterocycles. The Morgan fingerprint density at radius 1 is 1.27 bits per heavy atom. The van der Waals surface area contributed by atoms with Crippen LogP contribution in [0, 0.1) is 0 Å². The minimum absolute atomic E-state index is 0.0653. The van der Waals surface area contributed by atoms with Crippen LogP contribution < -0.4 is 5.32 Å². The predicted octanol–water partition coefficient (Wildman–Crippen LogP) is 0.363. The number of morpholine rings is 1. The number of benzene rings is 1. The number of aliphatic carboxylic acids is 2. The zero-order chi connectivity index (χ0) is 19.1. The van der Waals surface area contributed by atoms with Crippen molar-refractivity contribution < 1.29 is 29.3 Å². The van der Waals surface area contributed by atoms with E-state index in [0.29, 0.717) is 12.8 Å². The van der Waals surface area contributed by atoms with E-state index < -0.39 is 36.0 Å². The maximum absolute atomic E-state index is 12.6. The van der Waals surface area contributed by atoms with Crippen LogP contribution in [-0.2, 0) is 25.5 Å². The van der Waals surface area contributed by atoms with Gasteiger partial charge in [0.25, 0.3) is 0 Å². The molecule has 8 heteroatoms. The molecule has 0 saturated carbocycles. The van der Waals surface area contributed by atoms with E-state index in [4.69, 9.17) is 4.74 Å². The first kappa shape index (κ1) is 19.9. The van der Waals surface area contributed by atoms with E-state index in [-0.39, 0.29) is 19.8 Å². The van der Waals surface area contributed by atoms with Crippen LogP contribution in [0.1, 0.15) is 18.9 Å². The average Bonchev–Trinajstić information content (AvgIpc) is 2.64. The number of hydrogen-bond donors (Lipinski definition) is 3. The molecule has 3 N–H and O–H groups in total. The lowest BCUT2D eigenvalue weighted by Crippen LogP contribution is -2.58. The molecular weight excluding hydrogens is 340 g/mol. The van der Waals surface area contributed by atoms with Gasteiger partial charge in [0.05, 0.1) is 19.3 Å². The fraction of sp³-hybridized carbons (Fsp3) is 0.500. The molecule has 1 aliphatic heterocycles. The zero-order valence-electron chi connectivity index (χ0n) is 14.6. The molecule has 1 aromatic carbocycles. The molecule has 1 heterocycles. The number of carbonyl (C=O) groups excluding carboxylic acids is 1. The third kappa shape index (κ3) is 5.27. The molecule has 1 aromatic rings. The highest BCUT2D eigenvalue weighted by Crippen LogP contribution is 2.11. The number of ether oxygens (including phenoxy) is 1. The van der Waals surface area contributed by atoms with Crippen molar-refractivity contribution in [3.8, 4) is 0 Å². The Bertz CT molecular complexity index is 636. The summed E-state index contributed by atoms with van der Waals surface area (Å²) in [4.78, 5) is 36.7. The summed E-state index contributed by atoms with van der Waals surface area (Å²) in [5.74, 6) is -2.62. The van der Waals surface area contributed by atoms with E-state index in [0.717, 1.165) is 5.56 Å². The van der Waals surface area contributed by atoms with Crippen LogP contribution >= 0.6 is 0 Å². The number of aryl methyl sites for hydroxylation is 1. The van der Waals surface area contributed by atoms with Crippen LogP contribution in [0.15, 0.2) is 30.3 Å². The summed E-state index contributed by atoms with van der Waals surface area (Å²) in [5.41, 5.74) is 1.01. The first-order valence-corrected chi connectivity index (χ1v) is 8.54. The Hall–Kier alpha value is -2.45. The summed E-state index contributed by atoms with van der Waals surface area (Å²) in [5, 5.41) is 21.5. The summed E-state index contributed by atoms with van der Waals surface area (Å²) >= 11 is 0. The second-order valence-corrected chi connectivity index (χ2v) is 6.26. The molecule has 26 heavy (non-hydrogen) atoms. The Morgan fingerprint density at radius 3 is 2.58 bits per heavy atom. The van der Waals surface area contributed by atoms with Crippen molar-refractivity contribution in [2.75, 3.05) is 19.8 Å². The largest absolute Gasteiger partial charge is 0.480 e. The van der Waals surface area contributed by atoms with E-state index >= 15 is 0 Å². The van der Waals surface area contributed by atoms with Gasteiger partial charge in [-0.15, -0.1) is 0 Å². The number of nitrogens with zero attached hydrogens (tertiary/aromatic N) is 1. The monoisotopic (exact) mass is 364 g/mol. The maximum Gasteiger partial charge on any atom is 0.328 e. The fourth-order valence-electron chi connectivity index (χ4n) is 2.93. The molecule has 1 fully saturated rings. The molecule has 1 amide bonds. The van der Waals surface area contributed by atoms with Gasteiger partial charge in [0, 0.05) is 6.54 Å². The number of carbonyl (C=O) groups is 3. The van der Waals surface area contributed by atoms with Gasteiger partial charge < -0.3 is 19.8 Å². The minimum atomic E-state index is -1.14. The first-order valence-electron chi connectivity index (χ1n) is 8.54. The molecule has 2 rings (SSSR count). The highest BCUT2D eigenvalue weighted by Gasteiger charge is 2.35. The number of hydrogen-bond acceptors (Lipinski definition) is 5. The SMILES string of the molecule is C[C@H](NC(CCc1ccccc1)C(=O)O)C(=O)N1CCOCC1C(=O)O. The molecule has 8 nitrogen and oxygen atoms in total. The fourth-order valence-corrected chi connectivity index (χ4v) is 2.93. The number of carboxylic acid groups (broad SMARTS) is 2. The van der Waals surface area contributed by atoms with Gasteiger partial charge in [-0.25, -0.2) is 4.79 Å². The van der Waals surface area contributed by atoms with Gasteiger partial charge in [-0.2, -0.15) is 0 Å². The van der Waals surface area contributed by atoms with Crippen molar-refractivity contribution in [3.63, 3.8) is 0 Å². The Balaban J connectivity index is 1.97. The summed E-state index contributed by atoms with van der Waals surface area (Å²) in [6.45, 7) is 1.92. The Morgan fingerprint density at radius 2 is 1.96 bits per heavy atom. The van der Waals surface area contributed by atoms with Crippen LogP contribution in [0.2, 0.25) is 0 Å². The van der Waals surface area contributed by atoms with Crippen molar-refractivity contribution >= 4 is 17.8 Å². The molecule has 0 spiro atoms. The lowest BCUT2D eigenvalue weighted by atomic mass is 10.0. The summed E-state index contributed by atoms with van der Waals surface area (Å²) in [6, 6.07) is 6.72. The smallest absolute Gasteiger partial charge is 0.328 e. The molecule has 142 valence electrons. The van der Waals surface area contributed by atoms with E-state index in [1.165, 1.54) is 4.90 Å². The highest BCUT2D eigenvalue weighted by molar-refractivity contribution is 5.87. The first-order chi connectivity index (χ1) is 12.4. The molecule has 0 aliphatic carbocycles. The Labute approximate surface area is 151 Å². The van der Waals surface area contributed by atoms with Gasteiger partial charge in [-0.3, -0.25) is 14.9 Å². The summed E-state index contributed by atoms with van der Waals surface area (Å²) in [6.07, 6.45) is 0.878. The number of amides is 1. The zero-order valence-corrected chi connectivity index (χ0v) is 14.6. The lowest BCUT2D eigenvalue weighted by Gasteiger charge is -2.35. The molecular formula is C18H24N2O6. The van der Waals surface area contributed by atoms with Gasteiger partial charge in [-0.1, -0.05) is 30.3 Å². The predicted molar refractivity (Wildman–Crippen MR) is 92.7 cm³/mol. The van der Waals surface area contributed by atoms with Crippen molar-refractivity contribution in [1.29, 1.82) is 0 Å². The van der Waals surface area contributed by atoms with E-state index in [1.54, 1.807) is 6.92 Å². The van der Waals surface area contributed by atoms with Gasteiger partial charge >= 0.3 is 11.9 Å². The third-order valence-corrected chi connectivity index (χ3v) is 4.38. The van der Waals surface area contributed by atoms with Gasteiger partial charge in [0.2, 0.25) is 5.91 Å². The third-order valence-electron chi connectivity index (χ3n) is 4.38. The van der Waals surface area contributed by atoms with Crippen LogP contribution in [0.25, 0.3) is 0 Å². The van der Waals surface area contributed by atoms with Crippen LogP contribution in [-0.4, -0.2) is 70.8 Å². The quantitative estimate of drug-likeness (QED) is 0.610. The summed E-state index contributed by atoms with van der Waals surface area (Å²) in [7, 11) is 0. The minimum Gasteiger partial charge on any atom is -0.480 e. The molecule has 1 aliphatic rings. The van der Waals surface area contributed by atoms with Crippen molar-refractivity contribution in [1.82, 2.24) is 10.2 Å². The van der Waals surface area contributed by atoms with Crippen molar-refractivity contribution in [2.45, 2.75) is 37.9 Å². The van der Waals surface area contributed by atoms with Gasteiger partial charge in [0.1, 0.15) is 6.04 Å². The molecule has 0 bridgehead atoms. The van der Waals surface area contributed by atoms with Crippen LogP contribution in [0.3, 0.4) is 0 Å². The van der Waals surface area contributed by atoms with Gasteiger partial charge in [-0.05, 0) is 25.3 Å². The second-order valence-electron chi connectivity index (χ2n) is 6.26. The highest BCUT2D eigenvalue weighted by atomic mass is 16.5. The number of carboxylic acids is 2. The van der Waals surface area contributed by atoms with Crippen molar-refractivity contribution in [3.05, 3.63) is 35.9 Å². The maximum atomic E-state index is 12.6. The van der Waals surface area contributed by atoms with Crippen LogP contribution in [0.4, 0.5) is 0 Å². The van der Waals surface area contributed by atoms with Crippen molar-refractivity contribution in [2.24, 2.45) is 0 Å². The van der Waals surface area contributed by atoms with E-state index in [2.05, 4.69) is 5.32 Å². The number of rotatable bonds is 8. The standard InChI is InChI=1S/C18H24N2O6/c1-12(16(21)20-9-10-26-11-15(20)18(24)25)19-14(17(22)23)8-7-13-5-3-2-4-6-13/h2-6,12,14-15,19H,7-11H2,1H3,(H,22,23)(H,24,25)/t12-,14?,15?/m0/s1.